The summed E-state index contributed by atoms with van der Waals surface area (Å²) in [6, 6.07) is 5.69. The number of fused-ring (bicyclic) bond motifs is 5. The van der Waals surface area contributed by atoms with E-state index in [1.165, 1.54) is 16.8 Å². The number of hydrogen-bond acceptors (Lipinski definition) is 7. The first-order valence-electron chi connectivity index (χ1n) is 10.9. The average molecular weight is 476 g/mol. The number of amides is 2. The highest BCUT2D eigenvalue weighted by molar-refractivity contribution is 5.96. The van der Waals surface area contributed by atoms with E-state index in [2.05, 4.69) is 21.4 Å². The minimum absolute atomic E-state index is 0.0566. The van der Waals surface area contributed by atoms with Crippen LogP contribution >= 0.6 is 0 Å². The molecular weight excluding hydrogens is 454 g/mol. The Kier molecular flexibility index (Phi) is 5.83. The topological polar surface area (TPSA) is 146 Å². The predicted molar refractivity (Wildman–Crippen MR) is 121 cm³/mol. The number of carboxylic acid groups (broad SMARTS) is 1. The van der Waals surface area contributed by atoms with Crippen molar-refractivity contribution in [1.29, 1.82) is 0 Å². The van der Waals surface area contributed by atoms with Crippen molar-refractivity contribution in [3.8, 4) is 0 Å². The average Bonchev–Trinajstić information content (AvgIpc) is 3.12. The van der Waals surface area contributed by atoms with E-state index in [0.29, 0.717) is 13.1 Å². The quantitative estimate of drug-likeness (QED) is 0.441. The Labute approximate surface area is 199 Å². The van der Waals surface area contributed by atoms with Crippen LogP contribution in [0.4, 0.5) is 4.79 Å². The van der Waals surface area contributed by atoms with Crippen molar-refractivity contribution in [2.45, 2.75) is 18.7 Å². The number of carbonyl (C=O) groups is 3. The summed E-state index contributed by atoms with van der Waals surface area (Å²) >= 11 is 0. The summed E-state index contributed by atoms with van der Waals surface area (Å²) in [5.41, 5.74) is 5.03. The van der Waals surface area contributed by atoms with Crippen LogP contribution in [0.15, 0.2) is 55.1 Å². The molecule has 2 amide bonds. The molecule has 0 spiro atoms. The molecule has 5 rings (SSSR count). The van der Waals surface area contributed by atoms with Gasteiger partial charge in [0.2, 0.25) is 0 Å². The Morgan fingerprint density at radius 3 is 2.74 bits per heavy atom. The number of aliphatic carboxylic acids is 1. The van der Waals surface area contributed by atoms with Crippen LogP contribution in [0.1, 0.15) is 27.4 Å². The molecule has 2 aliphatic rings. The van der Waals surface area contributed by atoms with Crippen molar-refractivity contribution in [1.82, 2.24) is 20.2 Å². The van der Waals surface area contributed by atoms with Crippen molar-refractivity contribution in [3.05, 3.63) is 71.8 Å². The molecule has 1 unspecified atom stereocenters. The minimum atomic E-state index is -1.41. The zero-order chi connectivity index (χ0) is 24.5. The molecule has 1 aliphatic carbocycles. The Hall–Kier alpha value is -4.38. The largest absolute Gasteiger partial charge is 0.480 e. The van der Waals surface area contributed by atoms with Gasteiger partial charge in [0.25, 0.3) is 12.6 Å². The van der Waals surface area contributed by atoms with Crippen LogP contribution in [0.25, 0.3) is 16.6 Å². The van der Waals surface area contributed by atoms with Gasteiger partial charge in [-0.05, 0) is 34.9 Å². The minimum Gasteiger partial charge on any atom is -0.480 e. The van der Waals surface area contributed by atoms with Gasteiger partial charge in [-0.2, -0.15) is 4.57 Å². The molecule has 0 saturated heterocycles. The summed E-state index contributed by atoms with van der Waals surface area (Å²) < 4.78 is 6.97. The second-order valence-corrected chi connectivity index (χ2v) is 8.36. The number of rotatable bonds is 6. The summed E-state index contributed by atoms with van der Waals surface area (Å²) in [6.45, 7) is 0.0316. The van der Waals surface area contributed by atoms with Crippen molar-refractivity contribution in [3.63, 3.8) is 0 Å². The van der Waals surface area contributed by atoms with E-state index in [-0.39, 0.29) is 18.2 Å². The number of benzene rings is 1. The van der Waals surface area contributed by atoms with Crippen LogP contribution in [0.3, 0.4) is 0 Å². The Bertz CT molecular complexity index is 1370. The van der Waals surface area contributed by atoms with Gasteiger partial charge in [-0.3, -0.25) is 14.8 Å². The number of aliphatic hydroxyl groups is 1. The normalized spacial score (nSPS) is 16.9. The van der Waals surface area contributed by atoms with E-state index in [4.69, 9.17) is 14.9 Å². The molecule has 2 bridgehead atoms. The van der Waals surface area contributed by atoms with Gasteiger partial charge in [-0.1, -0.05) is 6.08 Å². The summed E-state index contributed by atoms with van der Waals surface area (Å²) in [7, 11) is 0. The fourth-order valence-corrected chi connectivity index (χ4v) is 4.35. The highest BCUT2D eigenvalue weighted by atomic mass is 16.6. The number of pyridine rings is 1. The molecule has 3 aromatic rings. The lowest BCUT2D eigenvalue weighted by Gasteiger charge is -2.26. The number of carboxylic acids is 1. The number of ether oxygens (including phenoxy) is 1. The molecule has 11 heteroatoms. The van der Waals surface area contributed by atoms with E-state index in [1.807, 2.05) is 12.1 Å². The van der Waals surface area contributed by atoms with E-state index in [9.17, 15) is 14.4 Å². The van der Waals surface area contributed by atoms with Crippen molar-refractivity contribution in [2.24, 2.45) is 0 Å². The summed E-state index contributed by atoms with van der Waals surface area (Å²) in [5, 5.41) is 20.3. The number of nitrogens with zero attached hydrogens (tertiary/aromatic N) is 4. The Morgan fingerprint density at radius 2 is 2.00 bits per heavy atom. The van der Waals surface area contributed by atoms with E-state index >= 15 is 0 Å². The smallest absolute Gasteiger partial charge is 0.414 e. The lowest BCUT2D eigenvalue weighted by Crippen LogP contribution is -2.45. The molecule has 3 N–H and O–H groups in total. The maximum Gasteiger partial charge on any atom is 0.414 e. The van der Waals surface area contributed by atoms with Gasteiger partial charge < -0.3 is 25.2 Å². The highest BCUT2D eigenvalue weighted by Gasteiger charge is 2.34. The molecule has 2 atom stereocenters. The second-order valence-electron chi connectivity index (χ2n) is 8.36. The van der Waals surface area contributed by atoms with Gasteiger partial charge in [0.1, 0.15) is 5.56 Å². The summed E-state index contributed by atoms with van der Waals surface area (Å²) in [4.78, 5) is 46.5. The Morgan fingerprint density at radius 1 is 1.23 bits per heavy atom. The fraction of sp³-hybridized carbons (Fsp3) is 0.250. The molecule has 1 aliphatic heterocycles. The zero-order valence-electron chi connectivity index (χ0n) is 18.5. The first-order chi connectivity index (χ1) is 16.9. The van der Waals surface area contributed by atoms with Gasteiger partial charge in [-0.25, -0.2) is 9.59 Å². The predicted octanol–water partition coefficient (Wildman–Crippen LogP) is 0.683. The fourth-order valence-electron chi connectivity index (χ4n) is 4.35. The molecule has 0 fully saturated rings. The third kappa shape index (κ3) is 4.41. The highest BCUT2D eigenvalue weighted by Crippen LogP contribution is 2.41. The molecule has 1 aromatic carbocycles. The first-order valence-corrected chi connectivity index (χ1v) is 10.9. The molecule has 2 aromatic heterocycles. The third-order valence-corrected chi connectivity index (χ3v) is 6.07. The number of nitrogens with one attached hydrogen (secondary N) is 1. The monoisotopic (exact) mass is 476 g/mol. The van der Waals surface area contributed by atoms with E-state index in [0.717, 1.165) is 27.7 Å². The van der Waals surface area contributed by atoms with Gasteiger partial charge in [0.15, 0.2) is 18.4 Å². The van der Waals surface area contributed by atoms with Crippen LogP contribution in [0.5, 0.6) is 0 Å². The number of aliphatic hydroxyl groups excluding tert-OH is 1. The number of carbonyl (C=O) groups excluding carboxylic acids is 2. The number of hydrogen-bond donors (Lipinski definition) is 3. The molecule has 3 heterocycles. The van der Waals surface area contributed by atoms with Crippen molar-refractivity contribution < 1.29 is 33.9 Å². The van der Waals surface area contributed by atoms with Gasteiger partial charge in [0, 0.05) is 37.5 Å². The van der Waals surface area contributed by atoms with Crippen LogP contribution in [0.2, 0.25) is 0 Å². The SMILES string of the molecule is O=C(N[C@@H](CO)C(=O)O)c1ccc[n+](COC(=O)N2CC3=CC(C2)c2cc4nccnc4cc23)c1. The molecular formula is C24H22N5O6+. The molecule has 0 radical (unpaired) electrons. The van der Waals surface area contributed by atoms with Gasteiger partial charge in [0.05, 0.1) is 17.6 Å². The summed E-state index contributed by atoms with van der Waals surface area (Å²) in [6.07, 6.45) is 8.05. The molecule has 178 valence electrons. The molecule has 35 heavy (non-hydrogen) atoms. The second kappa shape index (κ2) is 9.11. The van der Waals surface area contributed by atoms with Crippen molar-refractivity contribution in [2.75, 3.05) is 19.7 Å². The van der Waals surface area contributed by atoms with E-state index in [1.54, 1.807) is 29.6 Å². The van der Waals surface area contributed by atoms with Gasteiger partial charge >= 0.3 is 12.1 Å². The van der Waals surface area contributed by atoms with Gasteiger partial charge in [-0.15, -0.1) is 0 Å². The first kappa shape index (κ1) is 22.4. The van der Waals surface area contributed by atoms with Crippen molar-refractivity contribution >= 4 is 34.6 Å². The van der Waals surface area contributed by atoms with Crippen LogP contribution in [-0.4, -0.2) is 68.8 Å². The Balaban J connectivity index is 1.23. The number of aromatic nitrogens is 3. The van der Waals surface area contributed by atoms with Crippen LogP contribution in [0, 0.1) is 0 Å². The zero-order valence-corrected chi connectivity index (χ0v) is 18.5. The lowest BCUT2D eigenvalue weighted by molar-refractivity contribution is -0.727. The maximum atomic E-state index is 12.8. The molecule has 0 saturated carbocycles. The van der Waals surface area contributed by atoms with Crippen LogP contribution < -0.4 is 9.88 Å². The van der Waals surface area contributed by atoms with E-state index < -0.39 is 30.6 Å². The third-order valence-electron chi connectivity index (χ3n) is 6.07. The van der Waals surface area contributed by atoms with Crippen LogP contribution in [-0.2, 0) is 16.3 Å². The molecule has 11 nitrogen and oxygen atoms in total. The maximum absolute atomic E-state index is 12.8. The standard InChI is InChI=1S/C24H21N5O6/c30-12-21(23(32)33)27-22(31)14-2-1-5-28(9-14)13-35-24(34)29-10-15-6-16(11-29)18-8-20-19(7-17(15)18)25-3-4-26-20/h1-9,15,21,30H,10-13H2,(H-,27,31,32,33)/p+1/t15?,21-/m0/s1. The lowest BCUT2D eigenvalue weighted by atomic mass is 10.00. The summed E-state index contributed by atoms with van der Waals surface area (Å²) in [5.74, 6) is -1.95.